The summed E-state index contributed by atoms with van der Waals surface area (Å²) in [4.78, 5) is 29.3. The van der Waals surface area contributed by atoms with Gasteiger partial charge in [0.1, 0.15) is 18.1 Å². The number of unbranched alkanes of at least 4 members (excludes halogenated alkanes) is 1. The number of nitrogens with zero attached hydrogens (tertiary/aromatic N) is 2. The van der Waals surface area contributed by atoms with Crippen LogP contribution in [0.15, 0.2) is 78.9 Å². The maximum Gasteiger partial charge on any atom is 0.418 e. The van der Waals surface area contributed by atoms with E-state index >= 15 is 0 Å². The Labute approximate surface area is 282 Å². The van der Waals surface area contributed by atoms with E-state index in [0.717, 1.165) is 29.7 Å². The lowest BCUT2D eigenvalue weighted by Gasteiger charge is -2.36. The maximum atomic E-state index is 14.2. The molecule has 5 rings (SSSR count). The monoisotopic (exact) mass is 680 g/mol. The SMILES string of the molecule is O=C(O)CCCCN(CCc1ccccc1OCc1ccc(-c2ccccc2)c(C(F)(F)F)c1Cl)C1CCCc2nc(C(=O)O)ccc21. The van der Waals surface area contributed by atoms with Crippen molar-refractivity contribution in [2.75, 3.05) is 13.1 Å². The lowest BCUT2D eigenvalue weighted by Crippen LogP contribution is -2.34. The quantitative estimate of drug-likeness (QED) is 0.128. The molecule has 7 nitrogen and oxygen atoms in total. The summed E-state index contributed by atoms with van der Waals surface area (Å²) in [6, 6.07) is 22.0. The highest BCUT2D eigenvalue weighted by atomic mass is 35.5. The highest BCUT2D eigenvalue weighted by molar-refractivity contribution is 6.32. The van der Waals surface area contributed by atoms with Crippen molar-refractivity contribution in [2.24, 2.45) is 0 Å². The van der Waals surface area contributed by atoms with Gasteiger partial charge in [0, 0.05) is 30.3 Å². The van der Waals surface area contributed by atoms with Crippen molar-refractivity contribution in [3.8, 4) is 16.9 Å². The zero-order chi connectivity index (χ0) is 34.3. The van der Waals surface area contributed by atoms with Gasteiger partial charge in [0.25, 0.3) is 0 Å². The van der Waals surface area contributed by atoms with Crippen molar-refractivity contribution in [3.63, 3.8) is 0 Å². The third-order valence-electron chi connectivity index (χ3n) is 8.62. The molecule has 4 aromatic rings. The number of carbonyl (C=O) groups is 2. The Balaban J connectivity index is 1.35. The number of rotatable bonds is 14. The largest absolute Gasteiger partial charge is 0.489 e. The minimum Gasteiger partial charge on any atom is -0.489 e. The molecule has 48 heavy (non-hydrogen) atoms. The van der Waals surface area contributed by atoms with Gasteiger partial charge in [-0.1, -0.05) is 78.3 Å². The summed E-state index contributed by atoms with van der Waals surface area (Å²) in [7, 11) is 0. The molecule has 1 unspecified atom stereocenters. The number of alkyl halides is 3. The Morgan fingerprint density at radius 2 is 1.67 bits per heavy atom. The molecule has 0 spiro atoms. The van der Waals surface area contributed by atoms with E-state index in [1.165, 1.54) is 12.1 Å². The molecule has 0 radical (unpaired) electrons. The van der Waals surface area contributed by atoms with E-state index in [9.17, 15) is 27.9 Å². The summed E-state index contributed by atoms with van der Waals surface area (Å²) >= 11 is 6.41. The molecule has 1 heterocycles. The molecule has 1 atom stereocenters. The van der Waals surface area contributed by atoms with Crippen molar-refractivity contribution in [1.29, 1.82) is 0 Å². The lowest BCUT2D eigenvalue weighted by molar-refractivity contribution is -0.138. The number of hydrogen-bond acceptors (Lipinski definition) is 5. The topological polar surface area (TPSA) is 100.0 Å². The van der Waals surface area contributed by atoms with Gasteiger partial charge in [-0.15, -0.1) is 0 Å². The van der Waals surface area contributed by atoms with Gasteiger partial charge in [0.2, 0.25) is 0 Å². The first-order valence-electron chi connectivity index (χ1n) is 15.9. The van der Waals surface area contributed by atoms with E-state index in [0.29, 0.717) is 50.1 Å². The van der Waals surface area contributed by atoms with Gasteiger partial charge in [-0.2, -0.15) is 13.2 Å². The zero-order valence-electron chi connectivity index (χ0n) is 26.2. The van der Waals surface area contributed by atoms with Crippen LogP contribution in [0.3, 0.4) is 0 Å². The molecule has 0 aliphatic heterocycles. The van der Waals surface area contributed by atoms with Crippen molar-refractivity contribution >= 4 is 23.5 Å². The summed E-state index contributed by atoms with van der Waals surface area (Å²) in [5.74, 6) is -1.40. The second-order valence-corrected chi connectivity index (χ2v) is 12.2. The number of ether oxygens (including phenoxy) is 1. The average Bonchev–Trinajstić information content (AvgIpc) is 3.07. The number of para-hydroxylation sites is 1. The molecule has 0 bridgehead atoms. The van der Waals surface area contributed by atoms with E-state index in [2.05, 4.69) is 9.88 Å². The number of hydrogen-bond donors (Lipinski definition) is 2. The summed E-state index contributed by atoms with van der Waals surface area (Å²) in [5, 5.41) is 18.2. The Kier molecular flexibility index (Phi) is 11.4. The molecule has 0 saturated carbocycles. The second-order valence-electron chi connectivity index (χ2n) is 11.8. The number of carboxylic acids is 2. The number of benzene rings is 3. The zero-order valence-corrected chi connectivity index (χ0v) is 26.9. The van der Waals surface area contributed by atoms with Crippen LogP contribution in [0.25, 0.3) is 11.1 Å². The molecule has 1 aromatic heterocycles. The highest BCUT2D eigenvalue weighted by Crippen LogP contribution is 2.43. The first-order chi connectivity index (χ1) is 23.0. The minimum atomic E-state index is -4.67. The van der Waals surface area contributed by atoms with Crippen molar-refractivity contribution < 1.29 is 37.7 Å². The van der Waals surface area contributed by atoms with Gasteiger partial charge in [-0.05, 0) is 79.5 Å². The first-order valence-corrected chi connectivity index (χ1v) is 16.2. The summed E-state index contributed by atoms with van der Waals surface area (Å²) in [6.45, 7) is 1.05. The smallest absolute Gasteiger partial charge is 0.418 e. The Morgan fingerprint density at radius 3 is 2.40 bits per heavy atom. The van der Waals surface area contributed by atoms with Crippen LogP contribution in [0.4, 0.5) is 13.2 Å². The number of pyridine rings is 1. The molecular weight excluding hydrogens is 645 g/mol. The Hall–Kier alpha value is -4.41. The number of aromatic nitrogens is 1. The predicted molar refractivity (Wildman–Crippen MR) is 176 cm³/mol. The van der Waals surface area contributed by atoms with Crippen molar-refractivity contribution in [2.45, 2.75) is 63.8 Å². The van der Waals surface area contributed by atoms with Crippen molar-refractivity contribution in [3.05, 3.63) is 118 Å². The van der Waals surface area contributed by atoms with E-state index < -0.39 is 28.7 Å². The van der Waals surface area contributed by atoms with Crippen LogP contribution in [0, 0.1) is 0 Å². The van der Waals surface area contributed by atoms with Gasteiger partial charge in [-0.25, -0.2) is 9.78 Å². The molecule has 11 heteroatoms. The molecule has 2 N–H and O–H groups in total. The van der Waals surface area contributed by atoms with Gasteiger partial charge in [0.15, 0.2) is 0 Å². The molecule has 252 valence electrons. The Morgan fingerprint density at radius 1 is 0.917 bits per heavy atom. The third-order valence-corrected chi connectivity index (χ3v) is 9.05. The minimum absolute atomic E-state index is 0.000587. The summed E-state index contributed by atoms with van der Waals surface area (Å²) in [6.07, 6.45) is -0.509. The van der Waals surface area contributed by atoms with Crippen LogP contribution in [0.5, 0.6) is 5.75 Å². The van der Waals surface area contributed by atoms with E-state index in [1.807, 2.05) is 18.2 Å². The second kappa shape index (κ2) is 15.7. The fourth-order valence-corrected chi connectivity index (χ4v) is 6.61. The normalized spacial score (nSPS) is 14.5. The standard InChI is InChI=1S/C37H36ClF3N2O5/c38-35-26(16-17-27(34(35)37(39,40)41)24-9-2-1-3-10-24)23-48-32-14-5-4-11-25(32)20-22-43(21-7-6-15-33(44)45)31-13-8-12-29-28(31)18-19-30(42-29)36(46)47/h1-5,9-11,14,16-19,31H,6-8,12-13,15,20-23H2,(H,44,45)(H,46,47). The first kappa shape index (κ1) is 34.9. The third kappa shape index (κ3) is 8.54. The van der Waals surface area contributed by atoms with Crippen LogP contribution in [0.1, 0.15) is 76.6 Å². The van der Waals surface area contributed by atoms with Crippen LogP contribution < -0.4 is 4.74 Å². The lowest BCUT2D eigenvalue weighted by atomic mass is 9.89. The number of fused-ring (bicyclic) bond motifs is 1. The fourth-order valence-electron chi connectivity index (χ4n) is 6.28. The van der Waals surface area contributed by atoms with Crippen LogP contribution >= 0.6 is 11.6 Å². The fraction of sp³-hybridized carbons (Fsp3) is 0.324. The number of aromatic carboxylic acids is 1. The van der Waals surface area contributed by atoms with E-state index in [4.69, 9.17) is 21.4 Å². The van der Waals surface area contributed by atoms with Crippen LogP contribution in [0.2, 0.25) is 5.02 Å². The van der Waals surface area contributed by atoms with E-state index in [1.54, 1.807) is 48.5 Å². The molecule has 1 aliphatic carbocycles. The van der Waals surface area contributed by atoms with Gasteiger partial charge >= 0.3 is 18.1 Å². The maximum absolute atomic E-state index is 14.2. The molecule has 0 saturated heterocycles. The molecule has 1 aliphatic rings. The van der Waals surface area contributed by atoms with Gasteiger partial charge in [0.05, 0.1) is 10.6 Å². The predicted octanol–water partition coefficient (Wildman–Crippen LogP) is 8.88. The van der Waals surface area contributed by atoms with Crippen LogP contribution in [-0.2, 0) is 30.4 Å². The number of carboxylic acid groups (broad SMARTS) is 2. The van der Waals surface area contributed by atoms with Gasteiger partial charge in [-0.3, -0.25) is 9.69 Å². The number of aryl methyl sites for hydroxylation is 1. The molecule has 0 fully saturated rings. The van der Waals surface area contributed by atoms with E-state index in [-0.39, 0.29) is 35.9 Å². The summed E-state index contributed by atoms with van der Waals surface area (Å²) < 4.78 is 48.8. The van der Waals surface area contributed by atoms with Gasteiger partial charge < -0.3 is 14.9 Å². The molecular formula is C37H36ClF3N2O5. The Bertz CT molecular complexity index is 1750. The number of aliphatic carboxylic acids is 1. The highest BCUT2D eigenvalue weighted by Gasteiger charge is 2.37. The summed E-state index contributed by atoms with van der Waals surface area (Å²) in [5.41, 5.74) is 2.32. The average molecular weight is 681 g/mol. The van der Waals surface area contributed by atoms with Crippen molar-refractivity contribution in [1.82, 2.24) is 9.88 Å². The molecule has 3 aromatic carbocycles. The molecule has 0 amide bonds. The van der Waals surface area contributed by atoms with Crippen LogP contribution in [-0.4, -0.2) is 45.1 Å². The number of halogens is 4.